The molecule has 0 radical (unpaired) electrons. The first-order chi connectivity index (χ1) is 13.0. The van der Waals surface area contributed by atoms with E-state index >= 15 is 0 Å². The summed E-state index contributed by atoms with van der Waals surface area (Å²) in [4.78, 5) is 17.7. The van der Waals surface area contributed by atoms with Crippen molar-refractivity contribution in [2.24, 2.45) is 0 Å². The third kappa shape index (κ3) is 5.65. The van der Waals surface area contributed by atoms with Gasteiger partial charge in [-0.2, -0.15) is 19.6 Å². The quantitative estimate of drug-likeness (QED) is 0.571. The number of hydrogen-bond donors (Lipinski definition) is 2. The Balaban J connectivity index is 1.79. The van der Waals surface area contributed by atoms with Crippen LogP contribution in [0, 0.1) is 0 Å². The van der Waals surface area contributed by atoms with Crippen molar-refractivity contribution in [3.63, 3.8) is 0 Å². The van der Waals surface area contributed by atoms with Gasteiger partial charge in [0.1, 0.15) is 6.33 Å². The molecule has 3 rings (SSSR count). The number of rotatable bonds is 8. The van der Waals surface area contributed by atoms with Crippen LogP contribution in [-0.2, 0) is 5.75 Å². The largest absolute Gasteiger partial charge is 0.352 e. The minimum atomic E-state index is 0.208. The summed E-state index contributed by atoms with van der Waals surface area (Å²) in [5.74, 6) is 2.25. The maximum atomic E-state index is 4.50. The second kappa shape index (κ2) is 8.81. The second-order valence-electron chi connectivity index (χ2n) is 6.63. The number of benzene rings is 1. The Morgan fingerprint density at radius 2 is 1.56 bits per heavy atom. The molecule has 1 aromatic carbocycles. The molecular formula is C18H24N8S. The molecule has 2 aromatic heterocycles. The Labute approximate surface area is 163 Å². The van der Waals surface area contributed by atoms with Crippen molar-refractivity contribution in [1.82, 2.24) is 29.7 Å². The van der Waals surface area contributed by atoms with E-state index in [1.54, 1.807) is 22.8 Å². The zero-order valence-electron chi connectivity index (χ0n) is 15.9. The molecule has 27 heavy (non-hydrogen) atoms. The van der Waals surface area contributed by atoms with Crippen LogP contribution in [0.5, 0.6) is 0 Å². The Bertz CT molecular complexity index is 835. The van der Waals surface area contributed by atoms with E-state index in [0.717, 1.165) is 5.75 Å². The van der Waals surface area contributed by atoms with E-state index in [1.807, 2.05) is 45.9 Å². The average molecular weight is 385 g/mol. The highest BCUT2D eigenvalue weighted by Crippen LogP contribution is 2.19. The molecule has 0 amide bonds. The fraction of sp³-hybridized carbons (Fsp3) is 0.389. The van der Waals surface area contributed by atoms with Crippen LogP contribution < -0.4 is 10.6 Å². The first kappa shape index (κ1) is 19.1. The number of anilines is 2. The smallest absolute Gasteiger partial charge is 0.258 e. The van der Waals surface area contributed by atoms with Gasteiger partial charge in [0.25, 0.3) is 5.95 Å². The fourth-order valence-electron chi connectivity index (χ4n) is 2.25. The molecule has 3 aromatic rings. The molecule has 0 saturated carbocycles. The Hall–Kier alpha value is -2.68. The van der Waals surface area contributed by atoms with Crippen molar-refractivity contribution in [2.75, 3.05) is 10.6 Å². The van der Waals surface area contributed by atoms with Gasteiger partial charge in [-0.1, -0.05) is 42.1 Å². The van der Waals surface area contributed by atoms with Crippen LogP contribution in [0.1, 0.15) is 33.3 Å². The van der Waals surface area contributed by atoms with Gasteiger partial charge in [0, 0.05) is 17.8 Å². The van der Waals surface area contributed by atoms with Crippen LogP contribution in [0.15, 0.2) is 41.8 Å². The van der Waals surface area contributed by atoms with Crippen molar-refractivity contribution >= 4 is 23.7 Å². The van der Waals surface area contributed by atoms with Crippen LogP contribution in [0.2, 0.25) is 0 Å². The SMILES string of the molecule is CC(C)Nc1nc(NC(C)C)nc(-n2cnc(SCc3ccccc3)n2)n1. The topological polar surface area (TPSA) is 93.4 Å². The Morgan fingerprint density at radius 1 is 0.926 bits per heavy atom. The van der Waals surface area contributed by atoms with E-state index in [9.17, 15) is 0 Å². The van der Waals surface area contributed by atoms with Crippen molar-refractivity contribution in [3.8, 4) is 5.95 Å². The van der Waals surface area contributed by atoms with Crippen LogP contribution in [0.4, 0.5) is 11.9 Å². The summed E-state index contributed by atoms with van der Waals surface area (Å²) in [6.07, 6.45) is 1.63. The highest BCUT2D eigenvalue weighted by Gasteiger charge is 2.12. The van der Waals surface area contributed by atoms with Crippen molar-refractivity contribution in [1.29, 1.82) is 0 Å². The molecule has 2 heterocycles. The molecule has 0 aliphatic heterocycles. The second-order valence-corrected chi connectivity index (χ2v) is 7.57. The van der Waals surface area contributed by atoms with E-state index in [4.69, 9.17) is 0 Å². The lowest BCUT2D eigenvalue weighted by molar-refractivity contribution is 0.758. The molecule has 0 spiro atoms. The molecule has 0 aliphatic carbocycles. The van der Waals surface area contributed by atoms with Gasteiger partial charge < -0.3 is 10.6 Å². The number of aromatic nitrogens is 6. The van der Waals surface area contributed by atoms with Gasteiger partial charge >= 0.3 is 0 Å². The lowest BCUT2D eigenvalue weighted by Gasteiger charge is -2.13. The van der Waals surface area contributed by atoms with Gasteiger partial charge in [0.2, 0.25) is 17.1 Å². The fourth-order valence-corrected chi connectivity index (χ4v) is 3.00. The number of hydrogen-bond acceptors (Lipinski definition) is 8. The molecule has 2 N–H and O–H groups in total. The predicted molar refractivity (Wildman–Crippen MR) is 108 cm³/mol. The molecule has 0 aliphatic rings. The van der Waals surface area contributed by atoms with Crippen LogP contribution >= 0.6 is 11.8 Å². The molecule has 0 saturated heterocycles. The normalized spacial score (nSPS) is 11.2. The summed E-state index contributed by atoms with van der Waals surface area (Å²) >= 11 is 1.57. The minimum Gasteiger partial charge on any atom is -0.352 e. The molecule has 142 valence electrons. The highest BCUT2D eigenvalue weighted by molar-refractivity contribution is 7.98. The third-order valence-electron chi connectivity index (χ3n) is 3.35. The van der Waals surface area contributed by atoms with Crippen LogP contribution in [0.25, 0.3) is 5.95 Å². The third-order valence-corrected chi connectivity index (χ3v) is 4.27. The van der Waals surface area contributed by atoms with E-state index < -0.39 is 0 Å². The maximum absolute atomic E-state index is 4.50. The molecule has 0 unspecified atom stereocenters. The van der Waals surface area contributed by atoms with Crippen LogP contribution in [0.3, 0.4) is 0 Å². The molecule has 0 bridgehead atoms. The summed E-state index contributed by atoms with van der Waals surface area (Å²) in [5, 5.41) is 11.6. The van der Waals surface area contributed by atoms with Crippen molar-refractivity contribution in [2.45, 2.75) is 50.7 Å². The van der Waals surface area contributed by atoms with Gasteiger partial charge in [0.05, 0.1) is 0 Å². The summed E-state index contributed by atoms with van der Waals surface area (Å²) in [6.45, 7) is 8.14. The molecular weight excluding hydrogens is 360 g/mol. The van der Waals surface area contributed by atoms with Gasteiger partial charge in [-0.3, -0.25) is 0 Å². The van der Waals surface area contributed by atoms with Crippen molar-refractivity contribution in [3.05, 3.63) is 42.2 Å². The maximum Gasteiger partial charge on any atom is 0.258 e. The van der Waals surface area contributed by atoms with Crippen LogP contribution in [-0.4, -0.2) is 41.8 Å². The van der Waals surface area contributed by atoms with Gasteiger partial charge in [-0.05, 0) is 33.3 Å². The summed E-state index contributed by atoms with van der Waals surface area (Å²) < 4.78 is 1.58. The first-order valence-corrected chi connectivity index (χ1v) is 9.86. The minimum absolute atomic E-state index is 0.208. The average Bonchev–Trinajstić information content (AvgIpc) is 3.08. The standard InChI is InChI=1S/C18H24N8S/c1-12(2)20-15-22-16(21-13(3)4)24-17(23-15)26-11-19-18(25-26)27-10-14-8-6-5-7-9-14/h5-9,11-13H,10H2,1-4H3,(H2,20,21,22,23,24). The Morgan fingerprint density at radius 3 is 2.15 bits per heavy atom. The van der Waals surface area contributed by atoms with Gasteiger partial charge in [0.15, 0.2) is 0 Å². The van der Waals surface area contributed by atoms with E-state index in [2.05, 4.69) is 47.8 Å². The summed E-state index contributed by atoms with van der Waals surface area (Å²) in [5.41, 5.74) is 1.23. The molecule has 0 fully saturated rings. The summed E-state index contributed by atoms with van der Waals surface area (Å²) in [7, 11) is 0. The van der Waals surface area contributed by atoms with Crippen molar-refractivity contribution < 1.29 is 0 Å². The monoisotopic (exact) mass is 384 g/mol. The zero-order chi connectivity index (χ0) is 19.2. The molecule has 9 heteroatoms. The lowest BCUT2D eigenvalue weighted by Crippen LogP contribution is -2.19. The van der Waals surface area contributed by atoms with E-state index in [-0.39, 0.29) is 12.1 Å². The first-order valence-electron chi connectivity index (χ1n) is 8.87. The number of thioether (sulfide) groups is 1. The zero-order valence-corrected chi connectivity index (χ0v) is 16.7. The van der Waals surface area contributed by atoms with E-state index in [1.165, 1.54) is 5.56 Å². The lowest BCUT2D eigenvalue weighted by atomic mass is 10.2. The Kier molecular flexibility index (Phi) is 6.23. The highest BCUT2D eigenvalue weighted by atomic mass is 32.2. The number of nitrogens with one attached hydrogen (secondary N) is 2. The van der Waals surface area contributed by atoms with Gasteiger partial charge in [-0.15, -0.1) is 5.10 Å². The predicted octanol–water partition coefficient (Wildman–Crippen LogP) is 3.39. The summed E-state index contributed by atoms with van der Waals surface area (Å²) in [6, 6.07) is 10.7. The molecule has 0 atom stereocenters. The van der Waals surface area contributed by atoms with Gasteiger partial charge in [-0.25, -0.2) is 4.98 Å². The molecule has 8 nitrogen and oxygen atoms in total. The van der Waals surface area contributed by atoms with E-state index in [0.29, 0.717) is 23.0 Å². The number of nitrogens with zero attached hydrogens (tertiary/aromatic N) is 6.